The number of nitrogens with two attached hydrogens (primary N) is 1. The molecule has 20 heavy (non-hydrogen) atoms. The lowest BCUT2D eigenvalue weighted by atomic mass is 10.0. The maximum Gasteiger partial charge on any atom is 0.164 e. The van der Waals surface area contributed by atoms with Crippen LogP contribution in [0.3, 0.4) is 0 Å². The van der Waals surface area contributed by atoms with E-state index in [1.165, 1.54) is 0 Å². The molecule has 1 aliphatic rings. The van der Waals surface area contributed by atoms with Crippen LogP contribution in [0.4, 0.5) is 5.69 Å². The van der Waals surface area contributed by atoms with Gasteiger partial charge in [0.05, 0.1) is 12.2 Å². The second-order valence-corrected chi connectivity index (χ2v) is 5.93. The van der Waals surface area contributed by atoms with Crippen LogP contribution in [0, 0.1) is 0 Å². The predicted octanol–water partition coefficient (Wildman–Crippen LogP) is 2.61. The number of carbonyl (C=O) groups excluding carboxylic acids is 1. The van der Waals surface area contributed by atoms with Crippen LogP contribution in [0.1, 0.15) is 44.0 Å². The van der Waals surface area contributed by atoms with Crippen molar-refractivity contribution in [1.82, 2.24) is 0 Å². The van der Waals surface area contributed by atoms with Gasteiger partial charge in [-0.05, 0) is 45.0 Å². The van der Waals surface area contributed by atoms with Crippen molar-refractivity contribution in [2.45, 2.75) is 39.2 Å². The zero-order chi connectivity index (χ0) is 14.8. The van der Waals surface area contributed by atoms with Crippen molar-refractivity contribution in [2.75, 3.05) is 24.5 Å². The van der Waals surface area contributed by atoms with Crippen molar-refractivity contribution in [3.05, 3.63) is 23.8 Å². The SMILES string of the molecule is CCCN1CC(C)(C)Oc2ccc(C(=O)CCN)cc21. The zero-order valence-electron chi connectivity index (χ0n) is 12.6. The summed E-state index contributed by atoms with van der Waals surface area (Å²) in [6, 6.07) is 5.68. The second kappa shape index (κ2) is 5.83. The van der Waals surface area contributed by atoms with Crippen molar-refractivity contribution in [2.24, 2.45) is 5.73 Å². The summed E-state index contributed by atoms with van der Waals surface area (Å²) in [7, 11) is 0. The molecule has 1 heterocycles. The number of rotatable bonds is 5. The fourth-order valence-corrected chi connectivity index (χ4v) is 2.64. The zero-order valence-corrected chi connectivity index (χ0v) is 12.6. The molecule has 0 unspecified atom stereocenters. The van der Waals surface area contributed by atoms with Gasteiger partial charge in [0.1, 0.15) is 11.4 Å². The van der Waals surface area contributed by atoms with Crippen LogP contribution in [0.25, 0.3) is 0 Å². The van der Waals surface area contributed by atoms with Gasteiger partial charge < -0.3 is 15.4 Å². The third-order valence-corrected chi connectivity index (χ3v) is 3.44. The van der Waals surface area contributed by atoms with Crippen molar-refractivity contribution in [1.29, 1.82) is 0 Å². The largest absolute Gasteiger partial charge is 0.484 e. The summed E-state index contributed by atoms with van der Waals surface area (Å²) in [5, 5.41) is 0. The molecule has 0 bridgehead atoms. The molecule has 1 aromatic rings. The molecule has 2 N–H and O–H groups in total. The van der Waals surface area contributed by atoms with E-state index in [0.717, 1.165) is 36.5 Å². The van der Waals surface area contributed by atoms with Gasteiger partial charge in [-0.3, -0.25) is 4.79 Å². The van der Waals surface area contributed by atoms with Crippen LogP contribution in [0.2, 0.25) is 0 Å². The average molecular weight is 276 g/mol. The fraction of sp³-hybridized carbons (Fsp3) is 0.562. The van der Waals surface area contributed by atoms with Crippen molar-refractivity contribution in [3.63, 3.8) is 0 Å². The quantitative estimate of drug-likeness (QED) is 0.840. The van der Waals surface area contributed by atoms with Gasteiger partial charge in [0.25, 0.3) is 0 Å². The van der Waals surface area contributed by atoms with Crippen LogP contribution in [-0.2, 0) is 0 Å². The van der Waals surface area contributed by atoms with Gasteiger partial charge in [-0.25, -0.2) is 0 Å². The highest BCUT2D eigenvalue weighted by molar-refractivity contribution is 5.97. The number of fused-ring (bicyclic) bond motifs is 1. The predicted molar refractivity (Wildman–Crippen MR) is 81.7 cm³/mol. The molecule has 0 saturated heterocycles. The summed E-state index contributed by atoms with van der Waals surface area (Å²) >= 11 is 0. The van der Waals surface area contributed by atoms with Crippen molar-refractivity contribution in [3.8, 4) is 5.75 Å². The molecule has 4 heteroatoms. The third kappa shape index (κ3) is 3.12. The minimum Gasteiger partial charge on any atom is -0.484 e. The lowest BCUT2D eigenvalue weighted by Crippen LogP contribution is -2.47. The van der Waals surface area contributed by atoms with Crippen molar-refractivity contribution < 1.29 is 9.53 Å². The molecule has 0 fully saturated rings. The molecule has 0 amide bonds. The molecule has 110 valence electrons. The molecule has 1 aliphatic heterocycles. The monoisotopic (exact) mass is 276 g/mol. The summed E-state index contributed by atoms with van der Waals surface area (Å²) < 4.78 is 6.01. The molecule has 0 radical (unpaired) electrons. The number of ether oxygens (including phenoxy) is 1. The molecular formula is C16H24N2O2. The van der Waals surface area contributed by atoms with E-state index < -0.39 is 0 Å². The summed E-state index contributed by atoms with van der Waals surface area (Å²) in [4.78, 5) is 14.3. The van der Waals surface area contributed by atoms with Gasteiger partial charge >= 0.3 is 0 Å². The number of benzene rings is 1. The molecule has 2 rings (SSSR count). The number of anilines is 1. The molecule has 0 aliphatic carbocycles. The number of Topliss-reactive ketones (excluding diaryl/α,β-unsaturated/α-hetero) is 1. The molecule has 0 atom stereocenters. The summed E-state index contributed by atoms with van der Waals surface area (Å²) in [6.45, 7) is 8.53. The Morgan fingerprint density at radius 3 is 2.85 bits per heavy atom. The van der Waals surface area contributed by atoms with Gasteiger partial charge in [-0.2, -0.15) is 0 Å². The van der Waals surface area contributed by atoms with Gasteiger partial charge in [0.15, 0.2) is 5.78 Å². The maximum atomic E-state index is 12.0. The molecule has 0 spiro atoms. The van der Waals surface area contributed by atoms with Crippen LogP contribution < -0.4 is 15.4 Å². The van der Waals surface area contributed by atoms with E-state index in [0.29, 0.717) is 13.0 Å². The van der Waals surface area contributed by atoms with E-state index in [2.05, 4.69) is 25.7 Å². The van der Waals surface area contributed by atoms with Crippen LogP contribution in [0.15, 0.2) is 18.2 Å². The first-order valence-electron chi connectivity index (χ1n) is 7.28. The lowest BCUT2D eigenvalue weighted by molar-refractivity contribution is 0.0983. The van der Waals surface area contributed by atoms with Crippen molar-refractivity contribution >= 4 is 11.5 Å². The first-order valence-corrected chi connectivity index (χ1v) is 7.28. The Bertz CT molecular complexity index is 497. The Morgan fingerprint density at radius 1 is 1.45 bits per heavy atom. The van der Waals surface area contributed by atoms with Crippen LogP contribution in [-0.4, -0.2) is 31.0 Å². The Kier molecular flexibility index (Phi) is 4.33. The van der Waals surface area contributed by atoms with E-state index >= 15 is 0 Å². The average Bonchev–Trinajstić information content (AvgIpc) is 2.37. The van der Waals surface area contributed by atoms with Gasteiger partial charge in [0.2, 0.25) is 0 Å². The smallest absolute Gasteiger partial charge is 0.164 e. The highest BCUT2D eigenvalue weighted by atomic mass is 16.5. The molecule has 4 nitrogen and oxygen atoms in total. The van der Waals surface area contributed by atoms with Gasteiger partial charge in [0, 0.05) is 18.5 Å². The summed E-state index contributed by atoms with van der Waals surface area (Å²) in [6.07, 6.45) is 1.45. The first-order chi connectivity index (χ1) is 9.46. The summed E-state index contributed by atoms with van der Waals surface area (Å²) in [5.41, 5.74) is 7.00. The lowest BCUT2D eigenvalue weighted by Gasteiger charge is -2.41. The van der Waals surface area contributed by atoms with Gasteiger partial charge in [-0.1, -0.05) is 6.92 Å². The van der Waals surface area contributed by atoms with Crippen LogP contribution in [0.5, 0.6) is 5.75 Å². The Hall–Kier alpha value is -1.55. The topological polar surface area (TPSA) is 55.6 Å². The van der Waals surface area contributed by atoms with E-state index in [1.54, 1.807) is 0 Å². The molecule has 0 saturated carbocycles. The Balaban J connectivity index is 2.35. The minimum absolute atomic E-state index is 0.0941. The normalized spacial score (nSPS) is 16.5. The van der Waals surface area contributed by atoms with E-state index in [-0.39, 0.29) is 11.4 Å². The fourth-order valence-electron chi connectivity index (χ4n) is 2.64. The number of ketones is 1. The van der Waals surface area contributed by atoms with Crippen LogP contribution >= 0.6 is 0 Å². The molecule has 0 aromatic heterocycles. The third-order valence-electron chi connectivity index (χ3n) is 3.44. The summed E-state index contributed by atoms with van der Waals surface area (Å²) in [5.74, 6) is 0.954. The Labute approximate surface area is 120 Å². The second-order valence-electron chi connectivity index (χ2n) is 5.93. The highest BCUT2D eigenvalue weighted by Gasteiger charge is 2.31. The first kappa shape index (κ1) is 14.9. The number of hydrogen-bond donors (Lipinski definition) is 1. The standard InChI is InChI=1S/C16H24N2O2/c1-4-9-18-11-16(2,3)20-15-6-5-12(10-13(15)18)14(19)7-8-17/h5-6,10H,4,7-9,11,17H2,1-3H3. The highest BCUT2D eigenvalue weighted by Crippen LogP contribution is 2.37. The van der Waals surface area contributed by atoms with E-state index in [4.69, 9.17) is 10.5 Å². The Morgan fingerprint density at radius 2 is 2.20 bits per heavy atom. The maximum absolute atomic E-state index is 12.0. The molecule has 1 aromatic carbocycles. The minimum atomic E-state index is -0.203. The van der Waals surface area contributed by atoms with Gasteiger partial charge in [-0.15, -0.1) is 0 Å². The molecular weight excluding hydrogens is 252 g/mol. The van der Waals surface area contributed by atoms with E-state index in [1.807, 2.05) is 18.2 Å². The number of nitrogens with zero attached hydrogens (tertiary/aromatic N) is 1. The van der Waals surface area contributed by atoms with E-state index in [9.17, 15) is 4.79 Å². The number of hydrogen-bond acceptors (Lipinski definition) is 4. The number of carbonyl (C=O) groups is 1.